The van der Waals surface area contributed by atoms with Gasteiger partial charge in [0.05, 0.1) is 16.9 Å². The molecule has 2 rings (SSSR count). The van der Waals surface area contributed by atoms with E-state index in [2.05, 4.69) is 5.32 Å². The smallest absolute Gasteiger partial charge is 0.380 e. The molecule has 128 valence electrons. The summed E-state index contributed by atoms with van der Waals surface area (Å²) in [5.74, 6) is 0.0384. The summed E-state index contributed by atoms with van der Waals surface area (Å²) in [6, 6.07) is 3.80. The van der Waals surface area contributed by atoms with Gasteiger partial charge in [-0.15, -0.1) is 0 Å². The zero-order valence-corrected chi connectivity index (χ0v) is 13.6. The molecule has 0 atom stereocenters. The number of carbonyl (C=O) groups is 1. The molecule has 0 radical (unpaired) electrons. The van der Waals surface area contributed by atoms with Crippen molar-refractivity contribution in [3.05, 3.63) is 23.8 Å². The number of amides is 1. The third-order valence-corrected chi connectivity index (χ3v) is 4.11. The molecule has 1 saturated heterocycles. The Morgan fingerprint density at radius 2 is 1.87 bits per heavy atom. The lowest BCUT2D eigenvalue weighted by atomic mass is 10.0. The predicted octanol–water partition coefficient (Wildman–Crippen LogP) is 3.19. The first-order valence-corrected chi connectivity index (χ1v) is 7.59. The number of hydrogen-bond donors (Lipinski definition) is 1. The van der Waals surface area contributed by atoms with Crippen molar-refractivity contribution < 1.29 is 18.0 Å². The van der Waals surface area contributed by atoms with Crippen molar-refractivity contribution >= 4 is 17.3 Å². The molecule has 23 heavy (non-hydrogen) atoms. The van der Waals surface area contributed by atoms with E-state index in [4.69, 9.17) is 0 Å². The summed E-state index contributed by atoms with van der Waals surface area (Å²) in [6.45, 7) is 2.79. The molecule has 1 N–H and O–H groups in total. The number of benzene rings is 1. The van der Waals surface area contributed by atoms with Crippen molar-refractivity contribution in [2.24, 2.45) is 0 Å². The van der Waals surface area contributed by atoms with Gasteiger partial charge < -0.3 is 15.1 Å². The molecular weight excluding hydrogens is 307 g/mol. The lowest BCUT2D eigenvalue weighted by molar-refractivity contribution is -0.137. The number of hydrogen-bond acceptors (Lipinski definition) is 3. The molecule has 1 aromatic rings. The van der Waals surface area contributed by atoms with Crippen LogP contribution in [-0.2, 0) is 11.0 Å². The van der Waals surface area contributed by atoms with E-state index >= 15 is 0 Å². The summed E-state index contributed by atoms with van der Waals surface area (Å²) in [6.07, 6.45) is -2.91. The molecule has 1 aliphatic heterocycles. The second-order valence-electron chi connectivity index (χ2n) is 6.05. The van der Waals surface area contributed by atoms with Crippen molar-refractivity contribution in [2.75, 3.05) is 37.4 Å². The van der Waals surface area contributed by atoms with Crippen molar-refractivity contribution in [2.45, 2.75) is 32.0 Å². The maximum absolute atomic E-state index is 12.9. The molecule has 4 nitrogen and oxygen atoms in total. The van der Waals surface area contributed by atoms with Gasteiger partial charge in [0.15, 0.2) is 0 Å². The van der Waals surface area contributed by atoms with E-state index in [1.165, 1.54) is 13.0 Å². The second-order valence-corrected chi connectivity index (χ2v) is 6.05. The lowest BCUT2D eigenvalue weighted by Gasteiger charge is -2.33. The molecule has 1 amide bonds. The van der Waals surface area contributed by atoms with Gasteiger partial charge >= 0.3 is 6.18 Å². The molecule has 1 aromatic carbocycles. The Morgan fingerprint density at radius 1 is 1.26 bits per heavy atom. The maximum atomic E-state index is 12.9. The normalized spacial score (nSPS) is 16.3. The number of piperidine rings is 1. The summed E-state index contributed by atoms with van der Waals surface area (Å²) in [5, 5.41) is 3.22. The maximum Gasteiger partial charge on any atom is 0.416 e. The third kappa shape index (κ3) is 4.30. The van der Waals surface area contributed by atoms with E-state index in [-0.39, 0.29) is 11.9 Å². The number of nitrogens with zero attached hydrogens (tertiary/aromatic N) is 2. The van der Waals surface area contributed by atoms with Gasteiger partial charge in [0.1, 0.15) is 0 Å². The number of halogens is 3. The Labute approximate surface area is 134 Å². The molecular formula is C16H22F3N3O. The molecule has 0 aliphatic carbocycles. The summed E-state index contributed by atoms with van der Waals surface area (Å²) in [7, 11) is 3.60. The first kappa shape index (κ1) is 17.4. The molecule has 7 heteroatoms. The number of anilines is 2. The topological polar surface area (TPSA) is 35.6 Å². The minimum atomic E-state index is -4.36. The van der Waals surface area contributed by atoms with E-state index in [0.29, 0.717) is 24.5 Å². The number of rotatable bonds is 3. The molecule has 0 saturated carbocycles. The molecule has 0 unspecified atom stereocenters. The fourth-order valence-electron chi connectivity index (χ4n) is 2.78. The summed E-state index contributed by atoms with van der Waals surface area (Å²) < 4.78 is 38.8. The van der Waals surface area contributed by atoms with Crippen LogP contribution < -0.4 is 10.2 Å². The molecule has 1 aliphatic rings. The molecule has 0 bridgehead atoms. The van der Waals surface area contributed by atoms with Crippen molar-refractivity contribution in [1.29, 1.82) is 0 Å². The number of carbonyl (C=O) groups excluding carboxylic acids is 1. The van der Waals surface area contributed by atoms with Crippen LogP contribution in [0.1, 0.15) is 25.3 Å². The highest BCUT2D eigenvalue weighted by Gasteiger charge is 2.31. The standard InChI is InChI=1S/C16H22F3N3O/c1-11(23)22-8-6-13(7-9-22)20-14-10-12(16(17,18)19)4-5-15(14)21(2)3/h4-5,10,13,20H,6-9H2,1-3H3. The minimum absolute atomic E-state index is 0.0384. The van der Waals surface area contributed by atoms with E-state index in [9.17, 15) is 18.0 Å². The van der Waals surface area contributed by atoms with Crippen molar-refractivity contribution in [3.63, 3.8) is 0 Å². The monoisotopic (exact) mass is 329 g/mol. The lowest BCUT2D eigenvalue weighted by Crippen LogP contribution is -2.41. The quantitative estimate of drug-likeness (QED) is 0.925. The third-order valence-electron chi connectivity index (χ3n) is 4.11. The summed E-state index contributed by atoms with van der Waals surface area (Å²) in [5.41, 5.74) is 0.532. The van der Waals surface area contributed by atoms with E-state index in [1.54, 1.807) is 23.9 Å². The Bertz CT molecular complexity index is 564. The highest BCUT2D eigenvalue weighted by atomic mass is 19.4. The average molecular weight is 329 g/mol. The number of alkyl halides is 3. The summed E-state index contributed by atoms with van der Waals surface area (Å²) in [4.78, 5) is 14.9. The minimum Gasteiger partial charge on any atom is -0.380 e. The van der Waals surface area contributed by atoms with Crippen LogP contribution in [0.4, 0.5) is 24.5 Å². The average Bonchev–Trinajstić information content (AvgIpc) is 2.46. The van der Waals surface area contributed by atoms with Gasteiger partial charge in [-0.3, -0.25) is 4.79 Å². The van der Waals surface area contributed by atoms with Crippen LogP contribution in [0.15, 0.2) is 18.2 Å². The molecule has 0 aromatic heterocycles. The largest absolute Gasteiger partial charge is 0.416 e. The number of nitrogens with one attached hydrogen (secondary N) is 1. The zero-order chi connectivity index (χ0) is 17.2. The molecule has 1 fully saturated rings. The number of likely N-dealkylation sites (tertiary alicyclic amines) is 1. The zero-order valence-electron chi connectivity index (χ0n) is 13.6. The Hall–Kier alpha value is -1.92. The highest BCUT2D eigenvalue weighted by Crippen LogP contribution is 2.35. The summed E-state index contributed by atoms with van der Waals surface area (Å²) >= 11 is 0. The van der Waals surface area contributed by atoms with Gasteiger partial charge in [-0.1, -0.05) is 0 Å². The van der Waals surface area contributed by atoms with Gasteiger partial charge in [0.25, 0.3) is 0 Å². The fraction of sp³-hybridized carbons (Fsp3) is 0.562. The Morgan fingerprint density at radius 3 is 2.35 bits per heavy atom. The highest BCUT2D eigenvalue weighted by molar-refractivity contribution is 5.73. The Kier molecular flexibility index (Phi) is 5.06. The van der Waals surface area contributed by atoms with Crippen LogP contribution in [0.3, 0.4) is 0 Å². The van der Waals surface area contributed by atoms with Gasteiger partial charge in [-0.25, -0.2) is 0 Å². The van der Waals surface area contributed by atoms with Crippen LogP contribution >= 0.6 is 0 Å². The van der Waals surface area contributed by atoms with Gasteiger partial charge in [-0.05, 0) is 31.0 Å². The van der Waals surface area contributed by atoms with E-state index in [0.717, 1.165) is 25.0 Å². The molecule has 1 heterocycles. The van der Waals surface area contributed by atoms with E-state index < -0.39 is 11.7 Å². The fourth-order valence-corrected chi connectivity index (χ4v) is 2.78. The van der Waals surface area contributed by atoms with Crippen LogP contribution in [-0.4, -0.2) is 44.0 Å². The Balaban J connectivity index is 2.16. The predicted molar refractivity (Wildman–Crippen MR) is 84.7 cm³/mol. The van der Waals surface area contributed by atoms with Crippen LogP contribution in [0.5, 0.6) is 0 Å². The van der Waals surface area contributed by atoms with Crippen molar-refractivity contribution in [3.8, 4) is 0 Å². The second kappa shape index (κ2) is 6.68. The first-order chi connectivity index (χ1) is 10.7. The van der Waals surface area contributed by atoms with Crippen LogP contribution in [0.2, 0.25) is 0 Å². The van der Waals surface area contributed by atoms with Gasteiger partial charge in [0, 0.05) is 40.2 Å². The molecule has 0 spiro atoms. The SMILES string of the molecule is CC(=O)N1CCC(Nc2cc(C(F)(F)F)ccc2N(C)C)CC1. The van der Waals surface area contributed by atoms with Crippen molar-refractivity contribution in [1.82, 2.24) is 4.90 Å². The van der Waals surface area contributed by atoms with Gasteiger partial charge in [-0.2, -0.15) is 13.2 Å². The van der Waals surface area contributed by atoms with E-state index in [1.807, 2.05) is 0 Å². The van der Waals surface area contributed by atoms with Crippen LogP contribution in [0.25, 0.3) is 0 Å². The van der Waals surface area contributed by atoms with Gasteiger partial charge in [0.2, 0.25) is 5.91 Å². The van der Waals surface area contributed by atoms with Crippen LogP contribution in [0, 0.1) is 0 Å². The first-order valence-electron chi connectivity index (χ1n) is 7.59.